The summed E-state index contributed by atoms with van der Waals surface area (Å²) in [6.45, 7) is 12.0. The first kappa shape index (κ1) is 18.1. The minimum atomic E-state index is 0.177. The van der Waals surface area contributed by atoms with Crippen molar-refractivity contribution in [2.75, 3.05) is 0 Å². The lowest BCUT2D eigenvalue weighted by Crippen LogP contribution is -1.93. The Hall–Kier alpha value is -1.90. The van der Waals surface area contributed by atoms with Gasteiger partial charge in [0.05, 0.1) is 16.9 Å². The van der Waals surface area contributed by atoms with Crippen molar-refractivity contribution in [1.29, 1.82) is 0 Å². The molecule has 0 aliphatic heterocycles. The second-order valence-electron chi connectivity index (χ2n) is 3.65. The van der Waals surface area contributed by atoms with Crippen molar-refractivity contribution < 1.29 is 5.11 Å². The van der Waals surface area contributed by atoms with Gasteiger partial charge >= 0.3 is 0 Å². The van der Waals surface area contributed by atoms with Gasteiger partial charge in [0.25, 0.3) is 0 Å². The quantitative estimate of drug-likeness (QED) is 0.826. The highest BCUT2D eigenvalue weighted by Crippen LogP contribution is 2.22. The number of hydrogen-bond donors (Lipinski definition) is 1. The molecule has 0 atom stereocenters. The zero-order valence-electron chi connectivity index (χ0n) is 13.4. The summed E-state index contributed by atoms with van der Waals surface area (Å²) in [5, 5.41) is 9.69. The summed E-state index contributed by atoms with van der Waals surface area (Å²) >= 11 is 0. The number of phenols is 1. The van der Waals surface area contributed by atoms with E-state index in [1.807, 2.05) is 52.8 Å². The molecule has 0 amide bonds. The van der Waals surface area contributed by atoms with Gasteiger partial charge in [-0.1, -0.05) is 46.8 Å². The molecule has 0 radical (unpaired) electrons. The molecule has 2 aromatic rings. The molecular formula is C17H26N2O. The molecule has 0 aliphatic carbocycles. The lowest BCUT2D eigenvalue weighted by Gasteiger charge is -2.03. The average Bonchev–Trinajstić information content (AvgIpc) is 2.50. The van der Waals surface area contributed by atoms with Crippen molar-refractivity contribution in [1.82, 2.24) is 9.97 Å². The van der Waals surface area contributed by atoms with Crippen molar-refractivity contribution in [3.05, 3.63) is 35.7 Å². The Balaban J connectivity index is 0.000000829. The molecule has 3 heteroatoms. The van der Waals surface area contributed by atoms with Crippen LogP contribution in [-0.2, 0) is 0 Å². The number of aromatic nitrogens is 2. The van der Waals surface area contributed by atoms with Crippen molar-refractivity contribution in [2.24, 2.45) is 0 Å². The highest BCUT2D eigenvalue weighted by molar-refractivity contribution is 5.81. The van der Waals surface area contributed by atoms with Gasteiger partial charge in [0.1, 0.15) is 11.3 Å². The fourth-order valence-electron chi connectivity index (χ4n) is 1.55. The Kier molecular flexibility index (Phi) is 9.01. The molecule has 3 nitrogen and oxygen atoms in total. The van der Waals surface area contributed by atoms with E-state index in [1.54, 1.807) is 12.1 Å². The van der Waals surface area contributed by atoms with E-state index in [-0.39, 0.29) is 5.75 Å². The predicted octanol–water partition coefficient (Wildman–Crippen LogP) is 5.12. The molecule has 110 valence electrons. The molecule has 0 bridgehead atoms. The molecule has 20 heavy (non-hydrogen) atoms. The summed E-state index contributed by atoms with van der Waals surface area (Å²) in [4.78, 5) is 8.83. The van der Waals surface area contributed by atoms with E-state index in [9.17, 15) is 5.11 Å². The van der Waals surface area contributed by atoms with Gasteiger partial charge in [0.15, 0.2) is 0 Å². The lowest BCUT2D eigenvalue weighted by molar-refractivity contribution is 0.480. The molecule has 0 fully saturated rings. The summed E-state index contributed by atoms with van der Waals surface area (Å²) in [6.07, 6.45) is 4.93. The Morgan fingerprint density at radius 1 is 1.10 bits per heavy atom. The van der Waals surface area contributed by atoms with Crippen LogP contribution in [0.15, 0.2) is 24.3 Å². The van der Waals surface area contributed by atoms with Crippen LogP contribution in [0.3, 0.4) is 0 Å². The monoisotopic (exact) mass is 274 g/mol. The van der Waals surface area contributed by atoms with Crippen LogP contribution in [0.25, 0.3) is 17.1 Å². The van der Waals surface area contributed by atoms with Crippen molar-refractivity contribution in [3.63, 3.8) is 0 Å². The number of rotatable bonds is 2. The van der Waals surface area contributed by atoms with Gasteiger partial charge in [-0.3, -0.25) is 0 Å². The van der Waals surface area contributed by atoms with Gasteiger partial charge in [0, 0.05) is 0 Å². The zero-order chi connectivity index (χ0) is 15.5. The van der Waals surface area contributed by atoms with E-state index in [4.69, 9.17) is 0 Å². The van der Waals surface area contributed by atoms with Crippen LogP contribution in [0.2, 0.25) is 0 Å². The van der Waals surface area contributed by atoms with Gasteiger partial charge < -0.3 is 5.11 Å². The van der Waals surface area contributed by atoms with Crippen LogP contribution in [0.1, 0.15) is 52.4 Å². The summed E-state index contributed by atoms with van der Waals surface area (Å²) in [5.74, 6) is 0.177. The number of hydrogen-bond acceptors (Lipinski definition) is 3. The highest BCUT2D eigenvalue weighted by Gasteiger charge is 2.05. The Morgan fingerprint density at radius 2 is 1.75 bits per heavy atom. The molecule has 0 unspecified atom stereocenters. The predicted molar refractivity (Wildman–Crippen MR) is 88.0 cm³/mol. The first-order chi connectivity index (χ1) is 9.72. The number of nitrogens with zero attached hydrogens (tertiary/aromatic N) is 2. The minimum Gasteiger partial charge on any atom is -0.506 e. The van der Waals surface area contributed by atoms with E-state index >= 15 is 0 Å². The van der Waals surface area contributed by atoms with Crippen molar-refractivity contribution in [3.8, 4) is 5.75 Å². The number of para-hydroxylation sites is 1. The second-order valence-corrected chi connectivity index (χ2v) is 3.65. The molecule has 1 aromatic carbocycles. The normalized spacial score (nSPS) is 9.70. The van der Waals surface area contributed by atoms with E-state index in [0.29, 0.717) is 5.52 Å². The minimum absolute atomic E-state index is 0.177. The van der Waals surface area contributed by atoms with Crippen LogP contribution in [0, 0.1) is 6.92 Å². The summed E-state index contributed by atoms with van der Waals surface area (Å²) in [6, 6.07) is 5.25. The average molecular weight is 274 g/mol. The first-order valence-electron chi connectivity index (χ1n) is 7.35. The second kappa shape index (κ2) is 9.96. The van der Waals surface area contributed by atoms with Gasteiger partial charge in [-0.15, -0.1) is 0 Å². The fourth-order valence-corrected chi connectivity index (χ4v) is 1.55. The molecule has 2 rings (SSSR count). The van der Waals surface area contributed by atoms with Crippen LogP contribution in [0.5, 0.6) is 5.75 Å². The SMILES string of the molecule is CC.CC.CC/C=C\c1nc2c(O)cccc2nc1C. The zero-order valence-corrected chi connectivity index (χ0v) is 13.4. The van der Waals surface area contributed by atoms with Gasteiger partial charge in [-0.25, -0.2) is 9.97 Å². The summed E-state index contributed by atoms with van der Waals surface area (Å²) in [7, 11) is 0. The molecule has 1 heterocycles. The van der Waals surface area contributed by atoms with Crippen LogP contribution in [-0.4, -0.2) is 15.1 Å². The third-order valence-corrected chi connectivity index (χ3v) is 2.40. The maximum Gasteiger partial charge on any atom is 0.143 e. The number of phenolic OH excluding ortho intramolecular Hbond substituents is 1. The third-order valence-electron chi connectivity index (χ3n) is 2.40. The lowest BCUT2D eigenvalue weighted by atomic mass is 10.2. The van der Waals surface area contributed by atoms with E-state index in [2.05, 4.69) is 16.9 Å². The van der Waals surface area contributed by atoms with Crippen LogP contribution < -0.4 is 0 Å². The number of benzene rings is 1. The van der Waals surface area contributed by atoms with Crippen LogP contribution >= 0.6 is 0 Å². The van der Waals surface area contributed by atoms with Gasteiger partial charge in [-0.05, 0) is 31.6 Å². The molecule has 0 saturated carbocycles. The van der Waals surface area contributed by atoms with E-state index in [1.165, 1.54) is 0 Å². The maximum atomic E-state index is 9.69. The van der Waals surface area contributed by atoms with Gasteiger partial charge in [0.2, 0.25) is 0 Å². The molecule has 0 aliphatic rings. The smallest absolute Gasteiger partial charge is 0.143 e. The molecule has 1 N–H and O–H groups in total. The number of fused-ring (bicyclic) bond motifs is 1. The number of aromatic hydroxyl groups is 1. The molecule has 0 spiro atoms. The van der Waals surface area contributed by atoms with Crippen LogP contribution in [0.4, 0.5) is 0 Å². The standard InChI is InChI=1S/C13H14N2O.2C2H6/c1-3-4-6-10-9(2)14-11-7-5-8-12(16)13(11)15-10;2*1-2/h4-8,16H,3H2,1-2H3;2*1-2H3/b6-4-;;. The molecule has 0 saturated heterocycles. The maximum absolute atomic E-state index is 9.69. The topological polar surface area (TPSA) is 46.0 Å². The largest absolute Gasteiger partial charge is 0.506 e. The molecular weight excluding hydrogens is 248 g/mol. The molecule has 1 aromatic heterocycles. The summed E-state index contributed by atoms with van der Waals surface area (Å²) in [5.41, 5.74) is 2.98. The number of allylic oxidation sites excluding steroid dienone is 1. The number of aryl methyl sites for hydroxylation is 1. The highest BCUT2D eigenvalue weighted by atomic mass is 16.3. The first-order valence-corrected chi connectivity index (χ1v) is 7.35. The van der Waals surface area contributed by atoms with E-state index < -0.39 is 0 Å². The van der Waals surface area contributed by atoms with Crippen molar-refractivity contribution in [2.45, 2.75) is 48.0 Å². The van der Waals surface area contributed by atoms with E-state index in [0.717, 1.165) is 23.3 Å². The fraction of sp³-hybridized carbons (Fsp3) is 0.412. The van der Waals surface area contributed by atoms with Gasteiger partial charge in [-0.2, -0.15) is 0 Å². The Bertz CT molecular complexity index is 548. The Labute approximate surface area is 122 Å². The third kappa shape index (κ3) is 4.65. The Morgan fingerprint density at radius 3 is 2.35 bits per heavy atom. The summed E-state index contributed by atoms with van der Waals surface area (Å²) < 4.78 is 0. The van der Waals surface area contributed by atoms with Crippen molar-refractivity contribution >= 4 is 17.1 Å².